The first-order valence-corrected chi connectivity index (χ1v) is 6.22. The molecule has 0 unspecified atom stereocenters. The number of para-hydroxylation sites is 1. The molecule has 6 nitrogen and oxygen atoms in total. The molecule has 19 heavy (non-hydrogen) atoms. The van der Waals surface area contributed by atoms with Gasteiger partial charge in [0.15, 0.2) is 17.3 Å². The first kappa shape index (κ1) is 12.0. The molecule has 0 amide bonds. The lowest BCUT2D eigenvalue weighted by Crippen LogP contribution is -2.04. The highest BCUT2D eigenvalue weighted by molar-refractivity contribution is 6.35. The molecule has 0 aliphatic rings. The molecule has 0 aliphatic heterocycles. The van der Waals surface area contributed by atoms with Crippen molar-refractivity contribution in [3.63, 3.8) is 0 Å². The average molecular weight is 278 g/mol. The fraction of sp³-hybridized carbons (Fsp3) is 0.250. The third-order valence-electron chi connectivity index (χ3n) is 2.90. The van der Waals surface area contributed by atoms with Crippen LogP contribution in [0.3, 0.4) is 0 Å². The first-order valence-electron chi connectivity index (χ1n) is 5.84. The van der Waals surface area contributed by atoms with Crippen molar-refractivity contribution in [1.82, 2.24) is 19.9 Å². The number of benzene rings is 1. The molecule has 3 aromatic rings. The highest BCUT2D eigenvalue weighted by Gasteiger charge is 2.21. The Bertz CT molecular complexity index is 746. The van der Waals surface area contributed by atoms with E-state index in [4.69, 9.17) is 17.3 Å². The Morgan fingerprint density at radius 3 is 2.74 bits per heavy atom. The third kappa shape index (κ3) is 1.76. The number of anilines is 1. The summed E-state index contributed by atoms with van der Waals surface area (Å²) in [7, 11) is 0. The minimum absolute atomic E-state index is 0.149. The molecule has 0 atom stereocenters. The van der Waals surface area contributed by atoms with E-state index in [-0.39, 0.29) is 11.9 Å². The quantitative estimate of drug-likeness (QED) is 0.779. The topological polar surface area (TPSA) is 82.8 Å². The molecule has 2 heterocycles. The van der Waals surface area contributed by atoms with E-state index in [0.717, 1.165) is 11.0 Å². The SMILES string of the molecule is CC(C)n1c(-c2nonc2N)nc2cccc(Cl)c21. The van der Waals surface area contributed by atoms with Crippen molar-refractivity contribution in [2.24, 2.45) is 0 Å². The maximum atomic E-state index is 6.27. The lowest BCUT2D eigenvalue weighted by molar-refractivity contribution is 0.310. The lowest BCUT2D eigenvalue weighted by Gasteiger charge is -2.12. The molecule has 0 bridgehead atoms. The number of nitrogens with two attached hydrogens (primary N) is 1. The van der Waals surface area contributed by atoms with Crippen LogP contribution in [-0.2, 0) is 0 Å². The van der Waals surface area contributed by atoms with Gasteiger partial charge in [0.25, 0.3) is 0 Å². The van der Waals surface area contributed by atoms with Crippen molar-refractivity contribution in [1.29, 1.82) is 0 Å². The van der Waals surface area contributed by atoms with E-state index in [0.29, 0.717) is 16.5 Å². The smallest absolute Gasteiger partial charge is 0.199 e. The van der Waals surface area contributed by atoms with E-state index in [2.05, 4.69) is 19.9 Å². The van der Waals surface area contributed by atoms with E-state index in [9.17, 15) is 0 Å². The predicted molar refractivity (Wildman–Crippen MR) is 72.8 cm³/mol. The summed E-state index contributed by atoms with van der Waals surface area (Å²) in [5.41, 5.74) is 7.83. The Labute approximate surface area is 114 Å². The van der Waals surface area contributed by atoms with Crippen LogP contribution in [0.2, 0.25) is 5.02 Å². The van der Waals surface area contributed by atoms with Crippen LogP contribution >= 0.6 is 11.6 Å². The molecule has 0 fully saturated rings. The van der Waals surface area contributed by atoms with Crippen molar-refractivity contribution >= 4 is 28.5 Å². The fourth-order valence-electron chi connectivity index (χ4n) is 2.13. The monoisotopic (exact) mass is 277 g/mol. The van der Waals surface area contributed by atoms with Crippen LogP contribution in [0, 0.1) is 0 Å². The molecule has 0 aliphatic carbocycles. The Morgan fingerprint density at radius 1 is 1.32 bits per heavy atom. The van der Waals surface area contributed by atoms with Gasteiger partial charge in [-0.05, 0) is 36.3 Å². The number of hydrogen-bond acceptors (Lipinski definition) is 5. The summed E-state index contributed by atoms with van der Waals surface area (Å²) in [6.45, 7) is 4.08. The van der Waals surface area contributed by atoms with Crippen LogP contribution in [0.25, 0.3) is 22.6 Å². The molecule has 98 valence electrons. The minimum atomic E-state index is 0.149. The maximum Gasteiger partial charge on any atom is 0.199 e. The highest BCUT2D eigenvalue weighted by atomic mass is 35.5. The number of fused-ring (bicyclic) bond motifs is 1. The van der Waals surface area contributed by atoms with Crippen LogP contribution in [0.1, 0.15) is 19.9 Å². The third-order valence-corrected chi connectivity index (χ3v) is 3.21. The zero-order valence-electron chi connectivity index (χ0n) is 10.5. The summed E-state index contributed by atoms with van der Waals surface area (Å²) in [4.78, 5) is 4.53. The fourth-order valence-corrected chi connectivity index (χ4v) is 2.39. The van der Waals surface area contributed by atoms with Gasteiger partial charge in [-0.2, -0.15) is 0 Å². The number of nitrogen functional groups attached to an aromatic ring is 1. The van der Waals surface area contributed by atoms with Crippen LogP contribution in [0.15, 0.2) is 22.8 Å². The molecule has 0 spiro atoms. The second-order valence-electron chi connectivity index (χ2n) is 4.50. The van der Waals surface area contributed by atoms with E-state index in [1.165, 1.54) is 0 Å². The van der Waals surface area contributed by atoms with Crippen LogP contribution in [0.5, 0.6) is 0 Å². The molecule has 2 N–H and O–H groups in total. The Balaban J connectivity index is 2.40. The number of hydrogen-bond donors (Lipinski definition) is 1. The number of halogens is 1. The van der Waals surface area contributed by atoms with Crippen LogP contribution in [0.4, 0.5) is 5.82 Å². The van der Waals surface area contributed by atoms with Gasteiger partial charge >= 0.3 is 0 Å². The largest absolute Gasteiger partial charge is 0.379 e. The van der Waals surface area contributed by atoms with E-state index < -0.39 is 0 Å². The molecule has 0 saturated carbocycles. The van der Waals surface area contributed by atoms with Gasteiger partial charge in [0, 0.05) is 6.04 Å². The zero-order chi connectivity index (χ0) is 13.6. The molecule has 0 radical (unpaired) electrons. The number of imidazole rings is 1. The molecule has 7 heteroatoms. The summed E-state index contributed by atoms with van der Waals surface area (Å²) in [6.07, 6.45) is 0. The zero-order valence-corrected chi connectivity index (χ0v) is 11.2. The van der Waals surface area contributed by atoms with E-state index in [1.54, 1.807) is 0 Å². The number of aromatic nitrogens is 4. The minimum Gasteiger partial charge on any atom is -0.379 e. The first-order chi connectivity index (χ1) is 9.09. The van der Waals surface area contributed by atoms with Gasteiger partial charge in [-0.3, -0.25) is 0 Å². The second kappa shape index (κ2) is 4.24. The molecule has 1 aromatic carbocycles. The van der Waals surface area contributed by atoms with Crippen molar-refractivity contribution in [2.75, 3.05) is 5.73 Å². The molecule has 2 aromatic heterocycles. The normalized spacial score (nSPS) is 11.6. The highest BCUT2D eigenvalue weighted by Crippen LogP contribution is 2.33. The Kier molecular flexibility index (Phi) is 2.67. The van der Waals surface area contributed by atoms with E-state index in [1.807, 2.05) is 36.6 Å². The van der Waals surface area contributed by atoms with Gasteiger partial charge < -0.3 is 10.3 Å². The predicted octanol–water partition coefficient (Wildman–Crippen LogP) is 2.90. The van der Waals surface area contributed by atoms with Crippen molar-refractivity contribution < 1.29 is 4.63 Å². The van der Waals surface area contributed by atoms with Crippen molar-refractivity contribution in [2.45, 2.75) is 19.9 Å². The molecular formula is C12H12ClN5O. The molecule has 3 rings (SSSR count). The van der Waals surface area contributed by atoms with E-state index >= 15 is 0 Å². The Hall–Kier alpha value is -2.08. The van der Waals surface area contributed by atoms with Gasteiger partial charge in [0.05, 0.1) is 16.1 Å². The summed E-state index contributed by atoms with van der Waals surface area (Å²) >= 11 is 6.27. The Morgan fingerprint density at radius 2 is 2.11 bits per heavy atom. The lowest BCUT2D eigenvalue weighted by atomic mass is 10.3. The number of rotatable bonds is 2. The van der Waals surface area contributed by atoms with Crippen LogP contribution in [-0.4, -0.2) is 19.9 Å². The maximum absolute atomic E-state index is 6.27. The summed E-state index contributed by atoms with van der Waals surface area (Å²) in [6, 6.07) is 5.73. The van der Waals surface area contributed by atoms with Crippen molar-refractivity contribution in [3.05, 3.63) is 23.2 Å². The van der Waals surface area contributed by atoms with Gasteiger partial charge in [0.2, 0.25) is 0 Å². The standard InChI is InChI=1S/C12H12ClN5O/c1-6(2)18-10-7(13)4-3-5-8(10)15-12(18)9-11(14)17-19-16-9/h3-6H,1-2H3,(H2,14,17). The van der Waals surface area contributed by atoms with Gasteiger partial charge in [-0.15, -0.1) is 0 Å². The van der Waals surface area contributed by atoms with Crippen LogP contribution < -0.4 is 5.73 Å². The average Bonchev–Trinajstić information content (AvgIpc) is 2.92. The second-order valence-corrected chi connectivity index (χ2v) is 4.91. The van der Waals surface area contributed by atoms with Crippen molar-refractivity contribution in [3.8, 4) is 11.5 Å². The number of nitrogens with zero attached hydrogens (tertiary/aromatic N) is 4. The summed E-state index contributed by atoms with van der Waals surface area (Å²) in [5.74, 6) is 0.824. The molecular weight excluding hydrogens is 266 g/mol. The van der Waals surface area contributed by atoms with Gasteiger partial charge in [-0.25, -0.2) is 9.61 Å². The summed E-state index contributed by atoms with van der Waals surface area (Å²) < 4.78 is 6.63. The summed E-state index contributed by atoms with van der Waals surface area (Å²) in [5, 5.41) is 8.05. The van der Waals surface area contributed by atoms with Gasteiger partial charge in [0.1, 0.15) is 0 Å². The molecule has 0 saturated heterocycles. The van der Waals surface area contributed by atoms with Gasteiger partial charge in [-0.1, -0.05) is 17.7 Å².